The van der Waals surface area contributed by atoms with Crippen LogP contribution in [0.1, 0.15) is 6.42 Å². The van der Waals surface area contributed by atoms with E-state index in [4.69, 9.17) is 11.6 Å². The van der Waals surface area contributed by atoms with E-state index in [-0.39, 0.29) is 12.1 Å². The average molecular weight is 323 g/mol. The summed E-state index contributed by atoms with van der Waals surface area (Å²) in [6.45, 7) is 1.70. The second kappa shape index (κ2) is 6.32. The van der Waals surface area contributed by atoms with Gasteiger partial charge < -0.3 is 15.5 Å². The van der Waals surface area contributed by atoms with Gasteiger partial charge in [-0.2, -0.15) is 0 Å². The third-order valence-corrected chi connectivity index (χ3v) is 4.36. The lowest BCUT2D eigenvalue weighted by molar-refractivity contribution is 0.249. The van der Waals surface area contributed by atoms with E-state index in [1.807, 2.05) is 11.4 Å². The van der Waals surface area contributed by atoms with Crippen molar-refractivity contribution < 1.29 is 4.79 Å². The van der Waals surface area contributed by atoms with E-state index in [0.717, 1.165) is 24.6 Å². The van der Waals surface area contributed by atoms with Crippen molar-refractivity contribution in [2.75, 3.05) is 23.3 Å². The lowest BCUT2D eigenvalue weighted by Gasteiger charge is -2.16. The maximum absolute atomic E-state index is 12.0. The molecule has 0 spiro atoms. The number of aromatic nitrogens is 1. The Kier molecular flexibility index (Phi) is 4.26. The normalized spacial score (nSPS) is 17.8. The van der Waals surface area contributed by atoms with E-state index < -0.39 is 0 Å². The minimum atomic E-state index is -0.205. The quantitative estimate of drug-likeness (QED) is 0.912. The molecular formula is C14H15ClN4OS. The van der Waals surface area contributed by atoms with Crippen LogP contribution in [-0.4, -0.2) is 30.1 Å². The van der Waals surface area contributed by atoms with E-state index in [9.17, 15) is 4.79 Å². The van der Waals surface area contributed by atoms with Crippen LogP contribution in [0.4, 0.5) is 15.6 Å². The van der Waals surface area contributed by atoms with Crippen molar-refractivity contribution >= 4 is 39.8 Å². The second-order valence-electron chi connectivity index (χ2n) is 4.86. The van der Waals surface area contributed by atoms with E-state index in [2.05, 4.69) is 20.5 Å². The van der Waals surface area contributed by atoms with Crippen LogP contribution in [0.2, 0.25) is 5.02 Å². The molecule has 0 radical (unpaired) electrons. The number of carbonyl (C=O) groups excluding carboxylic acids is 1. The Morgan fingerprint density at radius 3 is 3.14 bits per heavy atom. The summed E-state index contributed by atoms with van der Waals surface area (Å²) in [5, 5.41) is 9.34. The summed E-state index contributed by atoms with van der Waals surface area (Å²) in [5.74, 6) is 0. The number of halogens is 1. The van der Waals surface area contributed by atoms with Gasteiger partial charge in [-0.15, -0.1) is 11.3 Å². The fraction of sp³-hybridized carbons (Fsp3) is 0.286. The molecule has 5 nitrogen and oxygen atoms in total. The average Bonchev–Trinajstić information content (AvgIpc) is 3.08. The molecular weight excluding hydrogens is 308 g/mol. The Morgan fingerprint density at radius 2 is 2.38 bits per heavy atom. The maximum Gasteiger partial charge on any atom is 0.319 e. The molecule has 2 amide bonds. The first-order valence-electron chi connectivity index (χ1n) is 6.68. The Bertz CT molecular complexity index is 619. The molecule has 1 aromatic carbocycles. The van der Waals surface area contributed by atoms with Gasteiger partial charge in [0.25, 0.3) is 0 Å². The molecule has 1 aliphatic rings. The topological polar surface area (TPSA) is 57.3 Å². The van der Waals surface area contributed by atoms with Crippen LogP contribution in [0.5, 0.6) is 0 Å². The summed E-state index contributed by atoms with van der Waals surface area (Å²) in [6, 6.07) is 7.03. The molecule has 2 aromatic rings. The number of benzene rings is 1. The van der Waals surface area contributed by atoms with Gasteiger partial charge in [0.1, 0.15) is 0 Å². The Hall–Kier alpha value is -1.79. The molecule has 0 bridgehead atoms. The summed E-state index contributed by atoms with van der Waals surface area (Å²) in [4.78, 5) is 18.5. The first kappa shape index (κ1) is 14.2. The molecule has 2 N–H and O–H groups in total. The number of carbonyl (C=O) groups is 1. The fourth-order valence-electron chi connectivity index (χ4n) is 2.34. The smallest absolute Gasteiger partial charge is 0.319 e. The van der Waals surface area contributed by atoms with Crippen LogP contribution in [0.25, 0.3) is 0 Å². The highest BCUT2D eigenvalue weighted by atomic mass is 35.5. The number of rotatable bonds is 3. The predicted octanol–water partition coefficient (Wildman–Crippen LogP) is 3.20. The molecule has 0 saturated carbocycles. The second-order valence-corrected chi connectivity index (χ2v) is 6.16. The Morgan fingerprint density at radius 1 is 1.48 bits per heavy atom. The predicted molar refractivity (Wildman–Crippen MR) is 86.3 cm³/mol. The van der Waals surface area contributed by atoms with Crippen molar-refractivity contribution in [2.45, 2.75) is 12.5 Å². The summed E-state index contributed by atoms with van der Waals surface area (Å²) < 4.78 is 0. The van der Waals surface area contributed by atoms with E-state index in [1.54, 1.807) is 35.7 Å². The van der Waals surface area contributed by atoms with E-state index in [1.165, 1.54) is 0 Å². The van der Waals surface area contributed by atoms with Crippen LogP contribution in [0.3, 0.4) is 0 Å². The number of urea groups is 1. The largest absolute Gasteiger partial charge is 0.346 e. The van der Waals surface area contributed by atoms with Crippen molar-refractivity contribution in [3.05, 3.63) is 40.9 Å². The molecule has 1 saturated heterocycles. The molecule has 3 rings (SSSR count). The first-order valence-corrected chi connectivity index (χ1v) is 7.94. The molecule has 21 heavy (non-hydrogen) atoms. The standard InChI is InChI=1S/C14H15ClN4OS/c15-10-2-1-3-11(8-10)17-13(20)18-12-4-6-19(9-12)14-16-5-7-21-14/h1-3,5,7-8,12H,4,6,9H2,(H2,17,18,20)/t12-/m1/s1. The molecule has 0 aliphatic carbocycles. The highest BCUT2D eigenvalue weighted by Crippen LogP contribution is 2.22. The van der Waals surface area contributed by atoms with Gasteiger partial charge in [0.2, 0.25) is 0 Å². The zero-order valence-electron chi connectivity index (χ0n) is 11.3. The molecule has 1 aromatic heterocycles. The number of hydrogen-bond acceptors (Lipinski definition) is 4. The minimum Gasteiger partial charge on any atom is -0.346 e. The third kappa shape index (κ3) is 3.65. The molecule has 1 atom stereocenters. The summed E-state index contributed by atoms with van der Waals surface area (Å²) in [7, 11) is 0. The van der Waals surface area contributed by atoms with Crippen molar-refractivity contribution in [3.8, 4) is 0 Å². The van der Waals surface area contributed by atoms with Crippen LogP contribution in [0, 0.1) is 0 Å². The highest BCUT2D eigenvalue weighted by Gasteiger charge is 2.25. The van der Waals surface area contributed by atoms with Crippen molar-refractivity contribution in [1.82, 2.24) is 10.3 Å². The van der Waals surface area contributed by atoms with Gasteiger partial charge >= 0.3 is 6.03 Å². The van der Waals surface area contributed by atoms with Crippen LogP contribution in [0.15, 0.2) is 35.8 Å². The first-order chi connectivity index (χ1) is 10.2. The van der Waals surface area contributed by atoms with Crippen LogP contribution < -0.4 is 15.5 Å². The summed E-state index contributed by atoms with van der Waals surface area (Å²) in [6.07, 6.45) is 2.72. The Labute approximate surface area is 131 Å². The van der Waals surface area contributed by atoms with E-state index in [0.29, 0.717) is 10.7 Å². The minimum absolute atomic E-state index is 0.132. The number of anilines is 2. The number of nitrogens with zero attached hydrogens (tertiary/aromatic N) is 2. The number of hydrogen-bond donors (Lipinski definition) is 2. The highest BCUT2D eigenvalue weighted by molar-refractivity contribution is 7.13. The van der Waals surface area contributed by atoms with Gasteiger partial charge in [-0.3, -0.25) is 0 Å². The molecule has 110 valence electrons. The van der Waals surface area contributed by atoms with Gasteiger partial charge in [-0.1, -0.05) is 17.7 Å². The molecule has 7 heteroatoms. The Balaban J connectivity index is 1.52. The van der Waals surface area contributed by atoms with Crippen molar-refractivity contribution in [1.29, 1.82) is 0 Å². The van der Waals surface area contributed by atoms with Crippen LogP contribution in [-0.2, 0) is 0 Å². The fourth-order valence-corrected chi connectivity index (χ4v) is 3.21. The number of nitrogens with one attached hydrogen (secondary N) is 2. The number of amides is 2. The van der Waals surface area contributed by atoms with Crippen molar-refractivity contribution in [2.24, 2.45) is 0 Å². The van der Waals surface area contributed by atoms with Crippen LogP contribution >= 0.6 is 22.9 Å². The molecule has 2 heterocycles. The van der Waals surface area contributed by atoms with Crippen molar-refractivity contribution in [3.63, 3.8) is 0 Å². The van der Waals surface area contributed by atoms with Gasteiger partial charge in [-0.25, -0.2) is 9.78 Å². The third-order valence-electron chi connectivity index (χ3n) is 3.30. The van der Waals surface area contributed by atoms with E-state index >= 15 is 0 Å². The molecule has 0 unspecified atom stereocenters. The molecule has 1 fully saturated rings. The lowest BCUT2D eigenvalue weighted by atomic mass is 10.3. The monoisotopic (exact) mass is 322 g/mol. The van der Waals surface area contributed by atoms with Gasteiger partial charge in [0, 0.05) is 41.4 Å². The number of thiazole rings is 1. The SMILES string of the molecule is O=C(Nc1cccc(Cl)c1)N[C@@H]1CCN(c2nccs2)C1. The van der Waals surface area contributed by atoms with Gasteiger partial charge in [-0.05, 0) is 24.6 Å². The summed E-state index contributed by atoms with van der Waals surface area (Å²) >= 11 is 7.51. The maximum atomic E-state index is 12.0. The summed E-state index contributed by atoms with van der Waals surface area (Å²) in [5.41, 5.74) is 0.690. The molecule has 1 aliphatic heterocycles. The zero-order chi connectivity index (χ0) is 14.7. The zero-order valence-corrected chi connectivity index (χ0v) is 12.8. The van der Waals surface area contributed by atoms with Gasteiger partial charge in [0.15, 0.2) is 5.13 Å². The van der Waals surface area contributed by atoms with Gasteiger partial charge in [0.05, 0.1) is 0 Å². The lowest BCUT2D eigenvalue weighted by Crippen LogP contribution is -2.39.